The van der Waals surface area contributed by atoms with E-state index in [0.29, 0.717) is 12.0 Å². The Morgan fingerprint density at radius 1 is 1.26 bits per heavy atom. The molecule has 0 aliphatic rings. The zero-order valence-corrected chi connectivity index (χ0v) is 10.9. The molecule has 1 atom stereocenters. The normalized spacial score (nSPS) is 11.9. The zero-order valence-electron chi connectivity index (χ0n) is 10.9. The number of ketones is 1. The summed E-state index contributed by atoms with van der Waals surface area (Å²) in [5, 5.41) is 11.4. The number of Topliss-reactive ketones (excluding diaryl/α,β-unsaturated/α-hetero) is 1. The number of aliphatic hydroxyl groups is 1. The molecule has 0 aliphatic heterocycles. The molecule has 0 bridgehead atoms. The van der Waals surface area contributed by atoms with Crippen molar-refractivity contribution >= 4 is 11.7 Å². The first-order valence-corrected chi connectivity index (χ1v) is 6.22. The lowest BCUT2D eigenvalue weighted by atomic mass is 10.1. The van der Waals surface area contributed by atoms with Crippen LogP contribution in [-0.2, 0) is 4.79 Å². The lowest BCUT2D eigenvalue weighted by molar-refractivity contribution is -0.122. The number of benzene rings is 1. The Morgan fingerprint density at radius 2 is 1.89 bits per heavy atom. The summed E-state index contributed by atoms with van der Waals surface area (Å²) in [6, 6.07) is 5.07. The topological polar surface area (TPSA) is 66.4 Å². The highest BCUT2D eigenvalue weighted by Gasteiger charge is 2.09. The molecule has 1 rings (SSSR count). The van der Waals surface area contributed by atoms with Crippen LogP contribution in [0.3, 0.4) is 0 Å². The number of halogens is 1. The molecule has 19 heavy (non-hydrogen) atoms. The van der Waals surface area contributed by atoms with Gasteiger partial charge in [0.15, 0.2) is 5.78 Å². The minimum absolute atomic E-state index is 0.108. The van der Waals surface area contributed by atoms with Crippen LogP contribution in [0, 0.1) is 5.82 Å². The molecule has 0 spiro atoms. The smallest absolute Gasteiger partial charge is 0.220 e. The van der Waals surface area contributed by atoms with Gasteiger partial charge in [0.05, 0.1) is 6.61 Å². The second kappa shape index (κ2) is 7.63. The van der Waals surface area contributed by atoms with Crippen molar-refractivity contribution in [1.29, 1.82) is 0 Å². The first-order chi connectivity index (χ1) is 9.02. The van der Waals surface area contributed by atoms with Gasteiger partial charge in [-0.2, -0.15) is 0 Å². The van der Waals surface area contributed by atoms with Gasteiger partial charge in [0, 0.05) is 24.4 Å². The number of aliphatic hydroxyl groups excluding tert-OH is 1. The minimum Gasteiger partial charge on any atom is -0.394 e. The number of nitrogens with one attached hydrogen (secondary N) is 1. The lowest BCUT2D eigenvalue weighted by Crippen LogP contribution is -2.34. The highest BCUT2D eigenvalue weighted by molar-refractivity contribution is 5.96. The number of rotatable bonds is 7. The summed E-state index contributed by atoms with van der Waals surface area (Å²) in [5.41, 5.74) is 0.450. The first kappa shape index (κ1) is 15.3. The molecule has 0 radical (unpaired) electrons. The van der Waals surface area contributed by atoms with Gasteiger partial charge >= 0.3 is 0 Å². The number of carbonyl (C=O) groups is 2. The van der Waals surface area contributed by atoms with Gasteiger partial charge in [-0.15, -0.1) is 0 Å². The average molecular weight is 267 g/mol. The Bertz CT molecular complexity index is 431. The van der Waals surface area contributed by atoms with Gasteiger partial charge in [-0.25, -0.2) is 4.39 Å². The van der Waals surface area contributed by atoms with Crippen LogP contribution in [0.15, 0.2) is 24.3 Å². The zero-order chi connectivity index (χ0) is 14.3. The maximum atomic E-state index is 12.7. The monoisotopic (exact) mass is 267 g/mol. The van der Waals surface area contributed by atoms with Crippen LogP contribution in [0.4, 0.5) is 4.39 Å². The van der Waals surface area contributed by atoms with Crippen LogP contribution in [0.25, 0.3) is 0 Å². The van der Waals surface area contributed by atoms with E-state index < -0.39 is 0 Å². The molecule has 1 amide bonds. The second-order valence-corrected chi connectivity index (χ2v) is 4.43. The van der Waals surface area contributed by atoms with Crippen LogP contribution in [0.5, 0.6) is 0 Å². The van der Waals surface area contributed by atoms with Gasteiger partial charge in [0.2, 0.25) is 5.91 Å². The third kappa shape index (κ3) is 5.61. The van der Waals surface area contributed by atoms with E-state index >= 15 is 0 Å². The Labute approximate surface area is 111 Å². The van der Waals surface area contributed by atoms with Crippen LogP contribution in [-0.4, -0.2) is 29.4 Å². The van der Waals surface area contributed by atoms with Crippen LogP contribution >= 0.6 is 0 Å². The fourth-order valence-corrected chi connectivity index (χ4v) is 1.58. The van der Waals surface area contributed by atoms with Gasteiger partial charge < -0.3 is 10.4 Å². The summed E-state index contributed by atoms with van der Waals surface area (Å²) in [4.78, 5) is 23.1. The number of amides is 1. The number of hydrogen-bond acceptors (Lipinski definition) is 3. The average Bonchev–Trinajstić information content (AvgIpc) is 2.39. The van der Waals surface area contributed by atoms with Crippen molar-refractivity contribution in [2.24, 2.45) is 0 Å². The van der Waals surface area contributed by atoms with Gasteiger partial charge in [-0.05, 0) is 37.6 Å². The number of hydrogen-bond donors (Lipinski definition) is 2. The van der Waals surface area contributed by atoms with E-state index in [1.54, 1.807) is 6.92 Å². The molecule has 1 aromatic rings. The van der Waals surface area contributed by atoms with E-state index in [1.807, 2.05) is 0 Å². The standard InChI is InChI=1S/C14H18FNO3/c1-10(9-17)16-14(19)4-2-3-13(18)11-5-7-12(15)8-6-11/h5-8,10,17H,2-4,9H2,1H3,(H,16,19)/t10-/m0/s1. The third-order valence-corrected chi connectivity index (χ3v) is 2.66. The van der Waals surface area contributed by atoms with E-state index in [-0.39, 0.29) is 43.0 Å². The molecule has 5 heteroatoms. The highest BCUT2D eigenvalue weighted by atomic mass is 19.1. The van der Waals surface area contributed by atoms with E-state index in [2.05, 4.69) is 5.32 Å². The predicted molar refractivity (Wildman–Crippen MR) is 69.3 cm³/mol. The van der Waals surface area contributed by atoms with Crippen molar-refractivity contribution in [3.63, 3.8) is 0 Å². The first-order valence-electron chi connectivity index (χ1n) is 6.22. The Hall–Kier alpha value is -1.75. The summed E-state index contributed by atoms with van der Waals surface area (Å²) in [7, 11) is 0. The molecule has 104 valence electrons. The summed E-state index contributed by atoms with van der Waals surface area (Å²) in [5.74, 6) is -0.676. The second-order valence-electron chi connectivity index (χ2n) is 4.43. The SMILES string of the molecule is C[C@@H](CO)NC(=O)CCCC(=O)c1ccc(F)cc1. The highest BCUT2D eigenvalue weighted by Crippen LogP contribution is 2.08. The minimum atomic E-state index is -0.381. The molecule has 1 aromatic carbocycles. The Morgan fingerprint density at radius 3 is 2.47 bits per heavy atom. The molecular weight excluding hydrogens is 249 g/mol. The van der Waals surface area contributed by atoms with E-state index in [4.69, 9.17) is 5.11 Å². The molecule has 2 N–H and O–H groups in total. The quantitative estimate of drug-likeness (QED) is 0.739. The molecule has 0 aliphatic carbocycles. The largest absolute Gasteiger partial charge is 0.394 e. The van der Waals surface area contributed by atoms with Crippen molar-refractivity contribution < 1.29 is 19.1 Å². The Kier molecular flexibility index (Phi) is 6.15. The maximum absolute atomic E-state index is 12.7. The van der Waals surface area contributed by atoms with Crippen molar-refractivity contribution in [2.75, 3.05) is 6.61 Å². The fourth-order valence-electron chi connectivity index (χ4n) is 1.58. The predicted octanol–water partition coefficient (Wildman–Crippen LogP) is 1.68. The van der Waals surface area contributed by atoms with Crippen molar-refractivity contribution in [3.05, 3.63) is 35.6 Å². The van der Waals surface area contributed by atoms with Crippen LogP contribution < -0.4 is 5.32 Å². The molecule has 0 unspecified atom stereocenters. The molecule has 0 saturated heterocycles. The van der Waals surface area contributed by atoms with Crippen molar-refractivity contribution in [1.82, 2.24) is 5.32 Å². The maximum Gasteiger partial charge on any atom is 0.220 e. The number of carbonyl (C=O) groups excluding carboxylic acids is 2. The van der Waals surface area contributed by atoms with Gasteiger partial charge in [-0.1, -0.05) is 0 Å². The van der Waals surface area contributed by atoms with Crippen molar-refractivity contribution in [2.45, 2.75) is 32.2 Å². The van der Waals surface area contributed by atoms with Crippen LogP contribution in [0.2, 0.25) is 0 Å². The summed E-state index contributed by atoms with van der Waals surface area (Å²) >= 11 is 0. The van der Waals surface area contributed by atoms with Gasteiger partial charge in [0.1, 0.15) is 5.82 Å². The molecule has 4 nitrogen and oxygen atoms in total. The lowest BCUT2D eigenvalue weighted by Gasteiger charge is -2.10. The van der Waals surface area contributed by atoms with Gasteiger partial charge in [0.25, 0.3) is 0 Å². The molecule has 0 saturated carbocycles. The third-order valence-electron chi connectivity index (χ3n) is 2.66. The fraction of sp³-hybridized carbons (Fsp3) is 0.429. The van der Waals surface area contributed by atoms with E-state index in [9.17, 15) is 14.0 Å². The molecule has 0 aromatic heterocycles. The molecular formula is C14H18FNO3. The summed E-state index contributed by atoms with van der Waals surface area (Å²) in [6.45, 7) is 1.59. The van der Waals surface area contributed by atoms with Crippen LogP contribution in [0.1, 0.15) is 36.5 Å². The van der Waals surface area contributed by atoms with Gasteiger partial charge in [-0.3, -0.25) is 9.59 Å². The van der Waals surface area contributed by atoms with E-state index in [0.717, 1.165) is 0 Å². The molecule has 0 heterocycles. The molecule has 0 fully saturated rings. The summed E-state index contributed by atoms with van der Waals surface area (Å²) < 4.78 is 12.7. The van der Waals surface area contributed by atoms with E-state index in [1.165, 1.54) is 24.3 Å². The summed E-state index contributed by atoms with van der Waals surface area (Å²) in [6.07, 6.45) is 0.907. The Balaban J connectivity index is 2.31. The van der Waals surface area contributed by atoms with Crippen molar-refractivity contribution in [3.8, 4) is 0 Å².